The van der Waals surface area contributed by atoms with Crippen LogP contribution in [0.1, 0.15) is 18.1 Å². The van der Waals surface area contributed by atoms with Crippen molar-refractivity contribution in [2.75, 3.05) is 29.8 Å². The Balaban J connectivity index is 1.66. The van der Waals surface area contributed by atoms with Crippen molar-refractivity contribution in [2.45, 2.75) is 24.5 Å². The van der Waals surface area contributed by atoms with Crippen LogP contribution >= 0.6 is 11.8 Å². The second-order valence-electron chi connectivity index (χ2n) is 7.75. The number of sulfonamides is 1. The van der Waals surface area contributed by atoms with Crippen molar-refractivity contribution in [3.63, 3.8) is 0 Å². The van der Waals surface area contributed by atoms with Gasteiger partial charge in [-0.05, 0) is 61.9 Å². The maximum atomic E-state index is 13.7. The van der Waals surface area contributed by atoms with Crippen LogP contribution in [0.2, 0.25) is 0 Å². The summed E-state index contributed by atoms with van der Waals surface area (Å²) in [5.74, 6) is 0.947. The molecule has 0 aliphatic carbocycles. The van der Waals surface area contributed by atoms with Crippen molar-refractivity contribution in [3.8, 4) is 5.75 Å². The normalized spacial score (nSPS) is 11.2. The predicted molar refractivity (Wildman–Crippen MR) is 139 cm³/mol. The topological polar surface area (TPSA) is 75.7 Å². The molecule has 0 unspecified atom stereocenters. The molecule has 0 heterocycles. The molecule has 186 valence electrons. The van der Waals surface area contributed by atoms with Crippen LogP contribution in [-0.2, 0) is 20.6 Å². The fourth-order valence-electron chi connectivity index (χ4n) is 3.27. The number of aryl methyl sites for hydroxylation is 1. The van der Waals surface area contributed by atoms with Gasteiger partial charge in [-0.2, -0.15) is 11.8 Å². The Morgan fingerprint density at radius 2 is 1.71 bits per heavy atom. The van der Waals surface area contributed by atoms with Crippen LogP contribution in [0.15, 0.2) is 77.7 Å². The number of hydrogen-bond donors (Lipinski definition) is 1. The van der Waals surface area contributed by atoms with Gasteiger partial charge in [-0.1, -0.05) is 35.9 Å². The minimum atomic E-state index is -4.00. The monoisotopic (exact) mass is 516 g/mol. The second kappa shape index (κ2) is 12.6. The predicted octanol–water partition coefficient (Wildman–Crippen LogP) is 4.78. The summed E-state index contributed by atoms with van der Waals surface area (Å²) in [6.07, 6.45) is 0. The number of carbonyl (C=O) groups is 1. The Labute approximate surface area is 210 Å². The summed E-state index contributed by atoms with van der Waals surface area (Å²) in [7, 11) is -4.00. The van der Waals surface area contributed by atoms with Crippen molar-refractivity contribution < 1.29 is 22.3 Å². The maximum Gasteiger partial charge on any atom is 0.264 e. The van der Waals surface area contributed by atoms with Gasteiger partial charge in [0.05, 0.1) is 17.2 Å². The van der Waals surface area contributed by atoms with Gasteiger partial charge in [0.15, 0.2) is 0 Å². The molecule has 35 heavy (non-hydrogen) atoms. The van der Waals surface area contributed by atoms with E-state index in [0.717, 1.165) is 9.87 Å². The van der Waals surface area contributed by atoms with Crippen LogP contribution in [0.25, 0.3) is 0 Å². The van der Waals surface area contributed by atoms with Crippen LogP contribution in [0.5, 0.6) is 5.75 Å². The number of hydrogen-bond acceptors (Lipinski definition) is 5. The molecular formula is C26H29FN2O4S2. The van der Waals surface area contributed by atoms with Crippen LogP contribution in [0.4, 0.5) is 10.1 Å². The quantitative estimate of drug-likeness (QED) is 0.351. The third-order valence-electron chi connectivity index (χ3n) is 5.12. The molecule has 9 heteroatoms. The highest BCUT2D eigenvalue weighted by molar-refractivity contribution is 7.98. The first kappa shape index (κ1) is 26.6. The molecule has 3 aromatic carbocycles. The summed E-state index contributed by atoms with van der Waals surface area (Å²) in [6.45, 7) is 4.20. The smallest absolute Gasteiger partial charge is 0.264 e. The summed E-state index contributed by atoms with van der Waals surface area (Å²) in [5.41, 5.74) is 1.98. The molecule has 0 spiro atoms. The van der Waals surface area contributed by atoms with Gasteiger partial charge < -0.3 is 10.1 Å². The average molecular weight is 517 g/mol. The molecule has 0 saturated heterocycles. The number of rotatable bonds is 12. The van der Waals surface area contributed by atoms with Crippen LogP contribution in [0.3, 0.4) is 0 Å². The van der Waals surface area contributed by atoms with E-state index in [0.29, 0.717) is 41.7 Å². The number of anilines is 1. The summed E-state index contributed by atoms with van der Waals surface area (Å²) in [5, 5.41) is 2.76. The molecule has 0 aromatic heterocycles. The lowest BCUT2D eigenvalue weighted by Gasteiger charge is -2.24. The summed E-state index contributed by atoms with van der Waals surface area (Å²) in [4.78, 5) is 12.8. The van der Waals surface area contributed by atoms with E-state index in [1.54, 1.807) is 54.6 Å². The number of nitrogens with zero attached hydrogens (tertiary/aromatic N) is 1. The third-order valence-corrected chi connectivity index (χ3v) is 7.91. The van der Waals surface area contributed by atoms with Gasteiger partial charge in [0.2, 0.25) is 5.91 Å². The Kier molecular flexibility index (Phi) is 9.56. The number of carbonyl (C=O) groups excluding carboxylic acids is 1. The zero-order valence-corrected chi connectivity index (χ0v) is 21.4. The lowest BCUT2D eigenvalue weighted by molar-refractivity contribution is -0.119. The summed E-state index contributed by atoms with van der Waals surface area (Å²) in [6, 6.07) is 19.7. The highest BCUT2D eigenvalue weighted by Crippen LogP contribution is 2.25. The van der Waals surface area contributed by atoms with Gasteiger partial charge in [0.25, 0.3) is 10.0 Å². The fourth-order valence-corrected chi connectivity index (χ4v) is 5.54. The minimum Gasteiger partial charge on any atom is -0.494 e. The SMILES string of the molecule is CCOc1ccc(S(=O)(=O)N(CC(=O)NCCSCc2ccccc2F)c2ccc(C)cc2)cc1. The number of thioether (sulfide) groups is 1. The van der Waals surface area contributed by atoms with E-state index in [-0.39, 0.29) is 17.3 Å². The van der Waals surface area contributed by atoms with Crippen molar-refractivity contribution in [3.05, 3.63) is 89.7 Å². The van der Waals surface area contributed by atoms with Gasteiger partial charge >= 0.3 is 0 Å². The van der Waals surface area contributed by atoms with E-state index in [4.69, 9.17) is 4.74 Å². The van der Waals surface area contributed by atoms with Gasteiger partial charge in [-0.25, -0.2) is 12.8 Å². The van der Waals surface area contributed by atoms with E-state index in [2.05, 4.69) is 5.32 Å². The molecule has 0 atom stereocenters. The Hall–Kier alpha value is -3.04. The van der Waals surface area contributed by atoms with Gasteiger partial charge in [0, 0.05) is 18.1 Å². The van der Waals surface area contributed by atoms with Gasteiger partial charge in [0.1, 0.15) is 18.1 Å². The second-order valence-corrected chi connectivity index (χ2v) is 10.7. The number of amides is 1. The summed E-state index contributed by atoms with van der Waals surface area (Å²) >= 11 is 1.49. The van der Waals surface area contributed by atoms with Crippen molar-refractivity contribution >= 4 is 33.4 Å². The Morgan fingerprint density at radius 3 is 2.37 bits per heavy atom. The number of nitrogens with one attached hydrogen (secondary N) is 1. The Morgan fingerprint density at radius 1 is 1.03 bits per heavy atom. The molecule has 0 radical (unpaired) electrons. The molecule has 0 fully saturated rings. The molecule has 0 aliphatic rings. The zero-order valence-electron chi connectivity index (χ0n) is 19.7. The van der Waals surface area contributed by atoms with Crippen molar-refractivity contribution in [1.82, 2.24) is 5.32 Å². The van der Waals surface area contributed by atoms with Crippen LogP contribution in [-0.4, -0.2) is 39.8 Å². The highest BCUT2D eigenvalue weighted by Gasteiger charge is 2.27. The zero-order chi connectivity index (χ0) is 25.3. The van der Waals surface area contributed by atoms with E-state index in [1.807, 2.05) is 13.8 Å². The standard InChI is InChI=1S/C26H29FN2O4S2/c1-3-33-23-12-14-24(15-13-23)35(31,32)29(22-10-8-20(2)9-11-22)18-26(30)28-16-17-34-19-21-6-4-5-7-25(21)27/h4-15H,3,16-19H2,1-2H3,(H,28,30). The van der Waals surface area contributed by atoms with Crippen molar-refractivity contribution in [2.24, 2.45) is 0 Å². The van der Waals surface area contributed by atoms with Crippen molar-refractivity contribution in [1.29, 1.82) is 0 Å². The molecular weight excluding hydrogens is 487 g/mol. The van der Waals surface area contributed by atoms with E-state index >= 15 is 0 Å². The van der Waals surface area contributed by atoms with Gasteiger partial charge in [-0.3, -0.25) is 9.10 Å². The molecule has 0 bridgehead atoms. The largest absolute Gasteiger partial charge is 0.494 e. The van der Waals surface area contributed by atoms with E-state index in [9.17, 15) is 17.6 Å². The first-order chi connectivity index (χ1) is 16.8. The number of ether oxygens (including phenoxy) is 1. The molecule has 1 amide bonds. The first-order valence-electron chi connectivity index (χ1n) is 11.2. The Bertz CT molecular complexity index is 1220. The summed E-state index contributed by atoms with van der Waals surface area (Å²) < 4.78 is 47.1. The number of halogens is 1. The first-order valence-corrected chi connectivity index (χ1v) is 13.8. The minimum absolute atomic E-state index is 0.0646. The molecule has 3 aromatic rings. The van der Waals surface area contributed by atoms with E-state index in [1.165, 1.54) is 30.0 Å². The number of benzene rings is 3. The molecule has 0 saturated carbocycles. The van der Waals surface area contributed by atoms with E-state index < -0.39 is 15.9 Å². The lowest BCUT2D eigenvalue weighted by Crippen LogP contribution is -2.41. The third kappa shape index (κ3) is 7.47. The molecule has 3 rings (SSSR count). The fraction of sp³-hybridized carbons (Fsp3) is 0.269. The highest BCUT2D eigenvalue weighted by atomic mass is 32.2. The molecule has 1 N–H and O–H groups in total. The van der Waals surface area contributed by atoms with Crippen LogP contribution < -0.4 is 14.4 Å². The average Bonchev–Trinajstić information content (AvgIpc) is 2.84. The van der Waals surface area contributed by atoms with Crippen LogP contribution in [0, 0.1) is 12.7 Å². The van der Waals surface area contributed by atoms with Gasteiger partial charge in [-0.15, -0.1) is 0 Å². The maximum absolute atomic E-state index is 13.7. The lowest BCUT2D eigenvalue weighted by atomic mass is 10.2. The molecule has 6 nitrogen and oxygen atoms in total. The molecule has 0 aliphatic heterocycles.